The molecule has 0 aliphatic carbocycles. The third-order valence-corrected chi connectivity index (χ3v) is 6.23. The maximum atomic E-state index is 12.3. The molecule has 0 fully saturated rings. The normalized spacial score (nSPS) is 11.4. The zero-order valence-electron chi connectivity index (χ0n) is 17.6. The highest BCUT2D eigenvalue weighted by atomic mass is 35.5. The first-order chi connectivity index (χ1) is 16.0. The van der Waals surface area contributed by atoms with Crippen LogP contribution in [0.1, 0.15) is 12.5 Å². The van der Waals surface area contributed by atoms with Crippen LogP contribution in [0.4, 0.5) is 5.69 Å². The van der Waals surface area contributed by atoms with E-state index in [4.69, 9.17) is 23.2 Å². The lowest BCUT2D eigenvalue weighted by molar-refractivity contribution is -0.110. The van der Waals surface area contributed by atoms with Crippen molar-refractivity contribution in [3.8, 4) is 11.4 Å². The zero-order valence-corrected chi connectivity index (χ0v) is 19.9. The number of carbonyl (C=O) groups excluding carboxylic acids is 1. The maximum Gasteiger partial charge on any atom is 0.198 e. The molecule has 0 aliphatic rings. The minimum atomic E-state index is -0.191. The summed E-state index contributed by atoms with van der Waals surface area (Å²) in [6.45, 7) is 1.95. The zero-order chi connectivity index (χ0) is 23.2. The summed E-state index contributed by atoms with van der Waals surface area (Å²) in [6.07, 6.45) is 0. The van der Waals surface area contributed by atoms with Gasteiger partial charge in [-0.15, -0.1) is 10.2 Å². The minimum absolute atomic E-state index is 0.191. The van der Waals surface area contributed by atoms with Gasteiger partial charge < -0.3 is 0 Å². The monoisotopic (exact) mass is 495 g/mol. The molecule has 1 aromatic heterocycles. The van der Waals surface area contributed by atoms with Crippen molar-refractivity contribution in [2.24, 2.45) is 5.10 Å². The van der Waals surface area contributed by atoms with Crippen molar-refractivity contribution in [3.05, 3.63) is 94.5 Å². The average molecular weight is 496 g/mol. The third-order valence-electron chi connectivity index (χ3n) is 4.62. The molecule has 0 saturated carbocycles. The van der Waals surface area contributed by atoms with Gasteiger partial charge in [-0.2, -0.15) is 5.10 Å². The van der Waals surface area contributed by atoms with Crippen molar-refractivity contribution in [2.75, 3.05) is 5.43 Å². The SMILES string of the molecule is CC(=O)/C(=N\Nc1ccccc1)Sc1nnc(-c2ccc(Cl)cc2Cl)n1Cc1ccccc1. The molecule has 1 heterocycles. The molecule has 33 heavy (non-hydrogen) atoms. The Morgan fingerprint density at radius 2 is 1.70 bits per heavy atom. The standard InChI is InChI=1S/C24H19Cl2N5OS/c1-16(32)23(29-27-19-10-6-3-7-11-19)33-24-30-28-22(20-13-12-18(25)14-21(20)26)31(24)15-17-8-4-2-5-9-17/h2-14,27H,15H2,1H3/b29-23+. The lowest BCUT2D eigenvalue weighted by Crippen LogP contribution is -2.11. The van der Waals surface area contributed by atoms with Crippen molar-refractivity contribution < 1.29 is 4.79 Å². The van der Waals surface area contributed by atoms with Crippen molar-refractivity contribution in [3.63, 3.8) is 0 Å². The molecule has 0 unspecified atom stereocenters. The third kappa shape index (κ3) is 5.82. The first-order valence-corrected chi connectivity index (χ1v) is 11.6. The van der Waals surface area contributed by atoms with Crippen LogP contribution in [-0.4, -0.2) is 25.6 Å². The van der Waals surface area contributed by atoms with Crippen molar-refractivity contribution in [1.82, 2.24) is 14.8 Å². The number of hydrogen-bond acceptors (Lipinski definition) is 6. The van der Waals surface area contributed by atoms with E-state index in [0.29, 0.717) is 33.1 Å². The van der Waals surface area contributed by atoms with Gasteiger partial charge >= 0.3 is 0 Å². The first-order valence-electron chi connectivity index (χ1n) is 10.0. The predicted molar refractivity (Wildman–Crippen MR) is 135 cm³/mol. The van der Waals surface area contributed by atoms with E-state index in [0.717, 1.165) is 23.0 Å². The van der Waals surface area contributed by atoms with E-state index in [1.54, 1.807) is 12.1 Å². The molecule has 4 aromatic rings. The number of nitrogens with one attached hydrogen (secondary N) is 1. The second-order valence-electron chi connectivity index (χ2n) is 7.06. The van der Waals surface area contributed by atoms with Crippen LogP contribution < -0.4 is 5.43 Å². The lowest BCUT2D eigenvalue weighted by atomic mass is 10.2. The number of hydrogen-bond donors (Lipinski definition) is 1. The molecule has 1 N–H and O–H groups in total. The number of halogens is 2. The highest BCUT2D eigenvalue weighted by molar-refractivity contribution is 8.15. The number of rotatable bonds is 7. The molecule has 166 valence electrons. The Morgan fingerprint density at radius 1 is 1.00 bits per heavy atom. The number of aromatic nitrogens is 3. The van der Waals surface area contributed by atoms with Crippen LogP contribution in [0, 0.1) is 0 Å². The van der Waals surface area contributed by atoms with E-state index in [1.807, 2.05) is 71.3 Å². The average Bonchev–Trinajstić information content (AvgIpc) is 3.19. The van der Waals surface area contributed by atoms with Crippen LogP contribution in [0.25, 0.3) is 11.4 Å². The summed E-state index contributed by atoms with van der Waals surface area (Å²) in [4.78, 5) is 12.3. The molecule has 0 radical (unpaired) electrons. The topological polar surface area (TPSA) is 72.2 Å². The van der Waals surface area contributed by atoms with Gasteiger partial charge in [0.05, 0.1) is 17.3 Å². The summed E-state index contributed by atoms with van der Waals surface area (Å²) in [5, 5.41) is 14.8. The second kappa shape index (κ2) is 10.7. The number of benzene rings is 3. The van der Waals surface area contributed by atoms with Crippen LogP contribution in [0.3, 0.4) is 0 Å². The highest BCUT2D eigenvalue weighted by Gasteiger charge is 2.20. The Balaban J connectivity index is 1.72. The molecular weight excluding hydrogens is 477 g/mol. The quantitative estimate of drug-likeness (QED) is 0.139. The smallest absolute Gasteiger partial charge is 0.198 e. The summed E-state index contributed by atoms with van der Waals surface area (Å²) >= 11 is 13.7. The van der Waals surface area contributed by atoms with Gasteiger partial charge in [0.1, 0.15) is 0 Å². The molecule has 9 heteroatoms. The lowest BCUT2D eigenvalue weighted by Gasteiger charge is -2.12. The molecular formula is C24H19Cl2N5OS. The van der Waals surface area contributed by atoms with Crippen LogP contribution in [0.5, 0.6) is 0 Å². The molecule has 0 spiro atoms. The minimum Gasteiger partial charge on any atom is -0.297 e. The Labute approximate surface area is 205 Å². The number of nitrogens with zero attached hydrogens (tertiary/aromatic N) is 4. The van der Waals surface area contributed by atoms with Gasteiger partial charge in [-0.3, -0.25) is 14.8 Å². The number of para-hydroxylation sites is 1. The van der Waals surface area contributed by atoms with Crippen LogP contribution in [0.2, 0.25) is 10.0 Å². The van der Waals surface area contributed by atoms with Gasteiger partial charge in [0.15, 0.2) is 21.8 Å². The van der Waals surface area contributed by atoms with Gasteiger partial charge in [0, 0.05) is 17.5 Å². The molecule has 4 rings (SSSR count). The predicted octanol–water partition coefficient (Wildman–Crippen LogP) is 6.41. The van der Waals surface area contributed by atoms with Gasteiger partial charge in [0.25, 0.3) is 0 Å². The van der Waals surface area contributed by atoms with Crippen molar-refractivity contribution in [2.45, 2.75) is 18.6 Å². The van der Waals surface area contributed by atoms with Crippen molar-refractivity contribution >= 4 is 51.5 Å². The van der Waals surface area contributed by atoms with Crippen LogP contribution >= 0.6 is 35.0 Å². The first kappa shape index (κ1) is 23.0. The molecule has 6 nitrogen and oxygen atoms in total. The number of anilines is 1. The van der Waals surface area contributed by atoms with Gasteiger partial charge in [-0.05, 0) is 47.7 Å². The Hall–Kier alpha value is -3.13. The van der Waals surface area contributed by atoms with Gasteiger partial charge in [-0.1, -0.05) is 71.7 Å². The summed E-state index contributed by atoms with van der Waals surface area (Å²) in [5.41, 5.74) is 5.44. The summed E-state index contributed by atoms with van der Waals surface area (Å²) in [5.74, 6) is 0.380. The van der Waals surface area contributed by atoms with Gasteiger partial charge in [0.2, 0.25) is 0 Å². The molecule has 0 amide bonds. The van der Waals surface area contributed by atoms with Crippen molar-refractivity contribution in [1.29, 1.82) is 0 Å². The van der Waals surface area contributed by atoms with E-state index in [2.05, 4.69) is 20.7 Å². The van der Waals surface area contributed by atoms with Gasteiger partial charge in [-0.25, -0.2) is 0 Å². The number of carbonyl (C=O) groups is 1. The van der Waals surface area contributed by atoms with E-state index >= 15 is 0 Å². The summed E-state index contributed by atoms with van der Waals surface area (Å²) in [6, 6.07) is 24.6. The Morgan fingerprint density at radius 3 is 2.36 bits per heavy atom. The second-order valence-corrected chi connectivity index (χ2v) is 8.85. The molecule has 0 aliphatic heterocycles. The van der Waals surface area contributed by atoms with Crippen LogP contribution in [-0.2, 0) is 11.3 Å². The van der Waals surface area contributed by atoms with E-state index in [9.17, 15) is 4.79 Å². The van der Waals surface area contributed by atoms with E-state index in [-0.39, 0.29) is 10.8 Å². The number of thioether (sulfide) groups is 1. The van der Waals surface area contributed by atoms with E-state index in [1.165, 1.54) is 6.92 Å². The van der Waals surface area contributed by atoms with E-state index < -0.39 is 0 Å². The number of hydrazone groups is 1. The summed E-state index contributed by atoms with van der Waals surface area (Å²) < 4.78 is 1.91. The maximum absolute atomic E-state index is 12.3. The fourth-order valence-corrected chi connectivity index (χ4v) is 4.27. The largest absolute Gasteiger partial charge is 0.297 e. The number of Topliss-reactive ketones (excluding diaryl/α,β-unsaturated/α-hetero) is 1. The molecule has 0 bridgehead atoms. The Kier molecular flexibility index (Phi) is 7.44. The number of ketones is 1. The molecule has 0 atom stereocenters. The Bertz CT molecular complexity index is 1290. The highest BCUT2D eigenvalue weighted by Crippen LogP contribution is 2.32. The van der Waals surface area contributed by atoms with Crippen LogP contribution in [0.15, 0.2) is 89.1 Å². The molecule has 3 aromatic carbocycles. The fraction of sp³-hybridized carbons (Fsp3) is 0.0833. The summed E-state index contributed by atoms with van der Waals surface area (Å²) in [7, 11) is 0. The fourth-order valence-electron chi connectivity index (χ4n) is 3.03. The molecule has 0 saturated heterocycles.